The zero-order valence-electron chi connectivity index (χ0n) is 12.7. The first-order valence-electron chi connectivity index (χ1n) is 7.64. The van der Waals surface area contributed by atoms with E-state index < -0.39 is 0 Å². The van der Waals surface area contributed by atoms with Crippen molar-refractivity contribution >= 4 is 0 Å². The standard InChI is InChI=1S/C15H31N3/c1-13-10-14(11-18(13)4)16-12-15(17(2)3)8-6-5-7-9-15/h13-14,16H,5-12H2,1-4H3. The van der Waals surface area contributed by atoms with Crippen LogP contribution in [-0.2, 0) is 0 Å². The summed E-state index contributed by atoms with van der Waals surface area (Å²) in [6.07, 6.45) is 8.27. The molecule has 1 heterocycles. The van der Waals surface area contributed by atoms with E-state index in [0.29, 0.717) is 11.6 Å². The Kier molecular flexibility index (Phi) is 4.68. The molecule has 2 rings (SSSR count). The summed E-state index contributed by atoms with van der Waals surface area (Å²) in [6, 6.07) is 1.44. The molecule has 2 fully saturated rings. The first-order valence-corrected chi connectivity index (χ1v) is 7.64. The fourth-order valence-electron chi connectivity index (χ4n) is 3.67. The highest BCUT2D eigenvalue weighted by Crippen LogP contribution is 2.32. The van der Waals surface area contributed by atoms with Crippen molar-refractivity contribution in [3.05, 3.63) is 0 Å². The monoisotopic (exact) mass is 253 g/mol. The molecule has 1 aliphatic carbocycles. The van der Waals surface area contributed by atoms with E-state index in [4.69, 9.17) is 0 Å². The second-order valence-corrected chi connectivity index (χ2v) is 6.78. The molecule has 1 saturated carbocycles. The van der Waals surface area contributed by atoms with Crippen molar-refractivity contribution in [3.63, 3.8) is 0 Å². The lowest BCUT2D eigenvalue weighted by Crippen LogP contribution is -2.54. The molecule has 2 aliphatic rings. The molecule has 0 aromatic rings. The molecule has 1 aliphatic heterocycles. The number of nitrogens with one attached hydrogen (secondary N) is 1. The fraction of sp³-hybridized carbons (Fsp3) is 1.00. The SMILES string of the molecule is CC1CC(NCC2(N(C)C)CCCCC2)CN1C. The zero-order chi connectivity index (χ0) is 13.2. The van der Waals surface area contributed by atoms with Crippen LogP contribution < -0.4 is 5.32 Å². The van der Waals surface area contributed by atoms with Gasteiger partial charge in [-0.25, -0.2) is 0 Å². The second-order valence-electron chi connectivity index (χ2n) is 6.78. The van der Waals surface area contributed by atoms with Gasteiger partial charge in [-0.1, -0.05) is 19.3 Å². The van der Waals surface area contributed by atoms with E-state index in [0.717, 1.165) is 6.04 Å². The average molecular weight is 253 g/mol. The summed E-state index contributed by atoms with van der Waals surface area (Å²) in [5.74, 6) is 0. The minimum Gasteiger partial charge on any atom is -0.311 e. The largest absolute Gasteiger partial charge is 0.311 e. The van der Waals surface area contributed by atoms with Crippen LogP contribution in [0.3, 0.4) is 0 Å². The van der Waals surface area contributed by atoms with Crippen LogP contribution in [-0.4, -0.2) is 61.7 Å². The van der Waals surface area contributed by atoms with E-state index in [2.05, 4.69) is 43.2 Å². The molecule has 0 aromatic heterocycles. The summed E-state index contributed by atoms with van der Waals surface area (Å²) in [5, 5.41) is 3.85. The van der Waals surface area contributed by atoms with Crippen LogP contribution in [0.4, 0.5) is 0 Å². The van der Waals surface area contributed by atoms with Gasteiger partial charge in [0.15, 0.2) is 0 Å². The highest BCUT2D eigenvalue weighted by molar-refractivity contribution is 4.95. The van der Waals surface area contributed by atoms with Gasteiger partial charge in [0.1, 0.15) is 0 Å². The van der Waals surface area contributed by atoms with Crippen LogP contribution >= 0.6 is 0 Å². The molecular formula is C15H31N3. The summed E-state index contributed by atoms with van der Waals surface area (Å²) in [6.45, 7) is 4.72. The minimum absolute atomic E-state index is 0.419. The number of hydrogen-bond acceptors (Lipinski definition) is 3. The number of hydrogen-bond donors (Lipinski definition) is 1. The van der Waals surface area contributed by atoms with Gasteiger partial charge in [-0.15, -0.1) is 0 Å². The first-order chi connectivity index (χ1) is 8.53. The molecule has 18 heavy (non-hydrogen) atoms. The quantitative estimate of drug-likeness (QED) is 0.826. The van der Waals surface area contributed by atoms with Gasteiger partial charge in [-0.2, -0.15) is 0 Å². The summed E-state index contributed by atoms with van der Waals surface area (Å²) in [4.78, 5) is 4.95. The average Bonchev–Trinajstić information content (AvgIpc) is 2.67. The first kappa shape index (κ1) is 14.3. The Morgan fingerprint density at radius 2 is 1.89 bits per heavy atom. The van der Waals surface area contributed by atoms with E-state index in [1.807, 2.05) is 0 Å². The van der Waals surface area contributed by atoms with Crippen molar-refractivity contribution in [2.24, 2.45) is 0 Å². The number of likely N-dealkylation sites (tertiary alicyclic amines) is 1. The van der Waals surface area contributed by atoms with Crippen molar-refractivity contribution in [2.45, 2.75) is 63.1 Å². The molecule has 2 unspecified atom stereocenters. The second kappa shape index (κ2) is 5.89. The molecule has 3 nitrogen and oxygen atoms in total. The van der Waals surface area contributed by atoms with Crippen molar-refractivity contribution < 1.29 is 0 Å². The van der Waals surface area contributed by atoms with Crippen LogP contribution in [0, 0.1) is 0 Å². The summed E-state index contributed by atoms with van der Waals surface area (Å²) >= 11 is 0. The van der Waals surface area contributed by atoms with Crippen molar-refractivity contribution in [1.82, 2.24) is 15.1 Å². The van der Waals surface area contributed by atoms with Crippen LogP contribution in [0.1, 0.15) is 45.4 Å². The predicted molar refractivity (Wildman–Crippen MR) is 78.0 cm³/mol. The van der Waals surface area contributed by atoms with Crippen molar-refractivity contribution in [2.75, 3.05) is 34.2 Å². The maximum absolute atomic E-state index is 3.85. The molecule has 106 valence electrons. The molecule has 0 aromatic carbocycles. The molecule has 1 N–H and O–H groups in total. The third-order valence-corrected chi connectivity index (χ3v) is 5.34. The van der Waals surface area contributed by atoms with Crippen LogP contribution in [0.5, 0.6) is 0 Å². The van der Waals surface area contributed by atoms with Crippen LogP contribution in [0.25, 0.3) is 0 Å². The lowest BCUT2D eigenvalue weighted by atomic mass is 9.80. The Labute approximate surface area is 113 Å². The molecule has 0 spiro atoms. The normalized spacial score (nSPS) is 33.2. The van der Waals surface area contributed by atoms with E-state index in [9.17, 15) is 0 Å². The molecular weight excluding hydrogens is 222 g/mol. The van der Waals surface area contributed by atoms with Gasteiger partial charge in [0.2, 0.25) is 0 Å². The van der Waals surface area contributed by atoms with Crippen LogP contribution in [0.15, 0.2) is 0 Å². The summed E-state index contributed by atoms with van der Waals surface area (Å²) < 4.78 is 0. The van der Waals surface area contributed by atoms with Gasteiger partial charge in [0, 0.05) is 30.7 Å². The van der Waals surface area contributed by atoms with Gasteiger partial charge < -0.3 is 15.1 Å². The van der Waals surface area contributed by atoms with E-state index in [1.54, 1.807) is 0 Å². The lowest BCUT2D eigenvalue weighted by Gasteiger charge is -2.44. The molecule has 2 atom stereocenters. The highest BCUT2D eigenvalue weighted by atomic mass is 15.2. The summed E-state index contributed by atoms with van der Waals surface area (Å²) in [7, 11) is 6.77. The maximum Gasteiger partial charge on any atom is 0.0328 e. The Bertz CT molecular complexity index is 248. The van der Waals surface area contributed by atoms with Crippen molar-refractivity contribution in [1.29, 1.82) is 0 Å². The molecule has 0 amide bonds. The van der Waals surface area contributed by atoms with Crippen molar-refractivity contribution in [3.8, 4) is 0 Å². The highest BCUT2D eigenvalue weighted by Gasteiger charge is 2.35. The van der Waals surface area contributed by atoms with Crippen LogP contribution in [0.2, 0.25) is 0 Å². The van der Waals surface area contributed by atoms with E-state index in [-0.39, 0.29) is 0 Å². The van der Waals surface area contributed by atoms with Gasteiger partial charge in [-0.05, 0) is 47.3 Å². The topological polar surface area (TPSA) is 18.5 Å². The maximum atomic E-state index is 3.85. The zero-order valence-corrected chi connectivity index (χ0v) is 12.7. The van der Waals surface area contributed by atoms with Gasteiger partial charge in [-0.3, -0.25) is 0 Å². The van der Waals surface area contributed by atoms with Gasteiger partial charge in [0.25, 0.3) is 0 Å². The third-order valence-electron chi connectivity index (χ3n) is 5.34. The molecule has 0 radical (unpaired) electrons. The predicted octanol–water partition coefficient (Wildman–Crippen LogP) is 1.93. The van der Waals surface area contributed by atoms with Gasteiger partial charge in [0.05, 0.1) is 0 Å². The smallest absolute Gasteiger partial charge is 0.0328 e. The Morgan fingerprint density at radius 1 is 1.22 bits per heavy atom. The molecule has 1 saturated heterocycles. The number of rotatable bonds is 4. The third kappa shape index (κ3) is 3.06. The fourth-order valence-corrected chi connectivity index (χ4v) is 3.67. The Morgan fingerprint density at radius 3 is 2.39 bits per heavy atom. The Balaban J connectivity index is 1.86. The van der Waals surface area contributed by atoms with E-state index >= 15 is 0 Å². The molecule has 3 heteroatoms. The lowest BCUT2D eigenvalue weighted by molar-refractivity contribution is 0.0955. The summed E-state index contributed by atoms with van der Waals surface area (Å²) in [5.41, 5.74) is 0.419. The molecule has 0 bridgehead atoms. The van der Waals surface area contributed by atoms with E-state index in [1.165, 1.54) is 51.6 Å². The minimum atomic E-state index is 0.419. The number of likely N-dealkylation sites (N-methyl/N-ethyl adjacent to an activating group) is 2. The number of nitrogens with zero attached hydrogens (tertiary/aromatic N) is 2. The Hall–Kier alpha value is -0.120. The van der Waals surface area contributed by atoms with Gasteiger partial charge >= 0.3 is 0 Å².